The van der Waals surface area contributed by atoms with Crippen molar-refractivity contribution in [2.75, 3.05) is 10.8 Å². The first kappa shape index (κ1) is 30.4. The van der Waals surface area contributed by atoms with Crippen LogP contribution in [-0.4, -0.2) is 40.5 Å². The van der Waals surface area contributed by atoms with Crippen LogP contribution in [0.3, 0.4) is 0 Å². The van der Waals surface area contributed by atoms with Crippen molar-refractivity contribution in [3.8, 4) is 11.3 Å². The van der Waals surface area contributed by atoms with E-state index < -0.39 is 23.7 Å². The molecular formula is C36H27BrClFN2O5. The largest absolute Gasteiger partial charge is 0.450 e. The molecule has 3 aliphatic rings. The van der Waals surface area contributed by atoms with Gasteiger partial charge in [0.15, 0.2) is 6.10 Å². The third-order valence-corrected chi connectivity index (χ3v) is 10.0. The van der Waals surface area contributed by atoms with E-state index >= 15 is 0 Å². The first-order chi connectivity index (χ1) is 22.1. The summed E-state index contributed by atoms with van der Waals surface area (Å²) in [4.78, 5) is 59.8. The van der Waals surface area contributed by atoms with Crippen LogP contribution in [0.15, 0.2) is 88.9 Å². The first-order valence-corrected chi connectivity index (χ1v) is 16.3. The molecular weight excluding hydrogens is 675 g/mol. The number of anilines is 1. The minimum absolute atomic E-state index is 0.0616. The van der Waals surface area contributed by atoms with Crippen LogP contribution in [0.2, 0.25) is 0 Å². The predicted octanol–water partition coefficient (Wildman–Crippen LogP) is 7.54. The SMILES string of the molecule is CC1=CC2CC1C1C(=O)N(c3ccc(-c4cc(C(=O)OC(CCCl)C(=O)c5ccc(F)cc5)c5cc(Br)ccc5n4)cc3)C(=O)C21. The summed E-state index contributed by atoms with van der Waals surface area (Å²) in [7, 11) is 0. The van der Waals surface area contributed by atoms with Crippen molar-refractivity contribution >= 4 is 67.7 Å². The Morgan fingerprint density at radius 3 is 2.46 bits per heavy atom. The van der Waals surface area contributed by atoms with Gasteiger partial charge in [0.2, 0.25) is 17.6 Å². The number of allylic oxidation sites excluding steroid dienone is 2. The molecule has 1 aliphatic heterocycles. The third-order valence-electron chi connectivity index (χ3n) is 9.33. The van der Waals surface area contributed by atoms with E-state index in [2.05, 4.69) is 22.0 Å². The summed E-state index contributed by atoms with van der Waals surface area (Å²) >= 11 is 9.42. The monoisotopic (exact) mass is 700 g/mol. The van der Waals surface area contributed by atoms with Gasteiger partial charge in [0.05, 0.1) is 34.3 Å². The number of nitrogens with zero attached hydrogens (tertiary/aromatic N) is 2. The topological polar surface area (TPSA) is 93.6 Å². The van der Waals surface area contributed by atoms with Crippen LogP contribution < -0.4 is 4.90 Å². The molecule has 1 saturated carbocycles. The van der Waals surface area contributed by atoms with Crippen molar-refractivity contribution in [1.29, 1.82) is 0 Å². The van der Waals surface area contributed by atoms with Gasteiger partial charge in [0.1, 0.15) is 5.82 Å². The van der Waals surface area contributed by atoms with E-state index in [1.165, 1.54) is 34.7 Å². The number of alkyl halides is 1. The predicted molar refractivity (Wildman–Crippen MR) is 175 cm³/mol. The maximum absolute atomic E-state index is 13.7. The summed E-state index contributed by atoms with van der Waals surface area (Å²) < 4.78 is 19.9. The molecule has 232 valence electrons. The van der Waals surface area contributed by atoms with E-state index in [1.807, 2.05) is 6.92 Å². The highest BCUT2D eigenvalue weighted by Crippen LogP contribution is 2.56. The van der Waals surface area contributed by atoms with Gasteiger partial charge in [-0.2, -0.15) is 0 Å². The zero-order valence-electron chi connectivity index (χ0n) is 24.6. The summed E-state index contributed by atoms with van der Waals surface area (Å²) in [6, 6.07) is 18.9. The van der Waals surface area contributed by atoms with E-state index in [-0.39, 0.29) is 58.9 Å². The average molecular weight is 702 g/mol. The number of rotatable bonds is 8. The normalized spacial score (nSPS) is 22.3. The van der Waals surface area contributed by atoms with Crippen LogP contribution in [0.5, 0.6) is 0 Å². The second-order valence-corrected chi connectivity index (χ2v) is 13.3. The summed E-state index contributed by atoms with van der Waals surface area (Å²) in [5.41, 5.74) is 3.71. The van der Waals surface area contributed by atoms with Gasteiger partial charge < -0.3 is 4.74 Å². The van der Waals surface area contributed by atoms with Crippen LogP contribution in [0.25, 0.3) is 22.2 Å². The van der Waals surface area contributed by atoms with Crippen LogP contribution in [0.4, 0.5) is 10.1 Å². The highest BCUT2D eigenvalue weighted by Gasteiger charge is 2.60. The van der Waals surface area contributed by atoms with Crippen molar-refractivity contribution in [3.05, 3.63) is 106 Å². The Labute approximate surface area is 277 Å². The minimum Gasteiger partial charge on any atom is -0.450 e. The number of benzene rings is 3. The standard InChI is InChI=1S/C36H27BrClFN2O5/c1-18-14-21-15-25(18)32-31(21)34(43)41(35(32)44)24-9-4-19(5-10-24)29-17-27(26-16-22(37)6-11-28(26)40-29)36(45)46-30(12-13-38)33(42)20-2-7-23(39)8-3-20/h2-11,14,16-17,21,25,30-32H,12-13,15H2,1H3. The second kappa shape index (κ2) is 11.9. The van der Waals surface area contributed by atoms with E-state index in [9.17, 15) is 23.6 Å². The third kappa shape index (κ3) is 5.15. The number of ketones is 1. The van der Waals surface area contributed by atoms with E-state index in [1.54, 1.807) is 48.5 Å². The lowest BCUT2D eigenvalue weighted by molar-refractivity contribution is -0.123. The number of aromatic nitrogens is 1. The number of fused-ring (bicyclic) bond motifs is 6. The van der Waals surface area contributed by atoms with Gasteiger partial charge in [-0.3, -0.25) is 19.3 Å². The summed E-state index contributed by atoms with van der Waals surface area (Å²) in [6.07, 6.45) is 1.90. The zero-order chi connectivity index (χ0) is 32.3. The fraction of sp³-hybridized carbons (Fsp3) is 0.250. The quantitative estimate of drug-likeness (QED) is 0.0620. The van der Waals surface area contributed by atoms with Crippen molar-refractivity contribution in [3.63, 3.8) is 0 Å². The molecule has 2 fully saturated rings. The molecule has 2 aliphatic carbocycles. The molecule has 46 heavy (non-hydrogen) atoms. The van der Waals surface area contributed by atoms with Crippen molar-refractivity contribution in [1.82, 2.24) is 4.98 Å². The van der Waals surface area contributed by atoms with E-state index in [4.69, 9.17) is 21.3 Å². The molecule has 2 amide bonds. The number of hydrogen-bond donors (Lipinski definition) is 0. The molecule has 1 aromatic heterocycles. The number of hydrogen-bond acceptors (Lipinski definition) is 6. The number of ether oxygens (including phenoxy) is 1. The van der Waals surface area contributed by atoms with Gasteiger partial charge >= 0.3 is 5.97 Å². The number of pyridine rings is 1. The van der Waals surface area contributed by atoms with Gasteiger partial charge in [-0.1, -0.05) is 39.7 Å². The van der Waals surface area contributed by atoms with E-state index in [0.29, 0.717) is 27.8 Å². The molecule has 7 nitrogen and oxygen atoms in total. The number of halogens is 3. The maximum Gasteiger partial charge on any atom is 0.339 e. The smallest absolute Gasteiger partial charge is 0.339 e. The van der Waals surface area contributed by atoms with Crippen LogP contribution in [0.1, 0.15) is 40.5 Å². The molecule has 0 spiro atoms. The van der Waals surface area contributed by atoms with Gasteiger partial charge in [-0.25, -0.2) is 14.2 Å². The lowest BCUT2D eigenvalue weighted by Crippen LogP contribution is -2.32. The Morgan fingerprint density at radius 2 is 1.74 bits per heavy atom. The summed E-state index contributed by atoms with van der Waals surface area (Å²) in [6.45, 7) is 2.04. The molecule has 4 aromatic rings. The fourth-order valence-electron chi connectivity index (χ4n) is 7.16. The Morgan fingerprint density at radius 1 is 1.02 bits per heavy atom. The molecule has 1 saturated heterocycles. The molecule has 0 N–H and O–H groups in total. The summed E-state index contributed by atoms with van der Waals surface area (Å²) in [5, 5.41) is 0.511. The van der Waals surface area contributed by atoms with Gasteiger partial charge in [-0.15, -0.1) is 11.6 Å². The maximum atomic E-state index is 13.7. The van der Waals surface area contributed by atoms with Crippen molar-refractivity contribution < 1.29 is 28.3 Å². The Bertz CT molecular complexity index is 1960. The number of carbonyl (C=O) groups is 4. The minimum atomic E-state index is -1.18. The van der Waals surface area contributed by atoms with Crippen LogP contribution >= 0.6 is 27.5 Å². The molecule has 2 bridgehead atoms. The van der Waals surface area contributed by atoms with Crippen molar-refractivity contribution in [2.45, 2.75) is 25.9 Å². The molecule has 5 unspecified atom stereocenters. The molecule has 3 aromatic carbocycles. The number of carbonyl (C=O) groups excluding carboxylic acids is 4. The highest BCUT2D eigenvalue weighted by molar-refractivity contribution is 9.10. The highest BCUT2D eigenvalue weighted by atomic mass is 79.9. The molecule has 0 radical (unpaired) electrons. The number of esters is 1. The van der Waals surface area contributed by atoms with Crippen LogP contribution in [0, 0.1) is 29.5 Å². The molecule has 2 heterocycles. The lowest BCUT2D eigenvalue weighted by Gasteiger charge is -2.19. The Hall–Kier alpha value is -4.21. The van der Waals surface area contributed by atoms with Crippen LogP contribution in [-0.2, 0) is 14.3 Å². The first-order valence-electron chi connectivity index (χ1n) is 15.0. The van der Waals surface area contributed by atoms with Gasteiger partial charge in [-0.05, 0) is 85.8 Å². The van der Waals surface area contributed by atoms with Gasteiger partial charge in [0, 0.05) is 33.3 Å². The Kier molecular flexibility index (Phi) is 7.85. The fourth-order valence-corrected chi connectivity index (χ4v) is 7.72. The molecule has 10 heteroatoms. The second-order valence-electron chi connectivity index (χ2n) is 12.0. The lowest BCUT2D eigenvalue weighted by atomic mass is 9.82. The molecule has 7 rings (SSSR count). The zero-order valence-corrected chi connectivity index (χ0v) is 26.9. The van der Waals surface area contributed by atoms with Gasteiger partial charge in [0.25, 0.3) is 0 Å². The molecule has 5 atom stereocenters. The Balaban J connectivity index is 1.19. The number of Topliss-reactive ketones (excluding diaryl/α,β-unsaturated/α-hetero) is 1. The number of imide groups is 1. The average Bonchev–Trinajstić information content (AvgIpc) is 3.69. The summed E-state index contributed by atoms with van der Waals surface area (Å²) in [5.74, 6) is -2.31. The van der Waals surface area contributed by atoms with E-state index in [0.717, 1.165) is 10.9 Å². The number of amides is 2. The van der Waals surface area contributed by atoms with Crippen molar-refractivity contribution in [2.24, 2.45) is 23.7 Å².